The largest absolute Gasteiger partial charge is 0.321 e. The van der Waals surface area contributed by atoms with Crippen molar-refractivity contribution in [2.45, 2.75) is 32.7 Å². The minimum Gasteiger partial charge on any atom is -0.321 e. The Bertz CT molecular complexity index is 306. The average molecular weight is 205 g/mol. The topological polar surface area (TPSA) is 43.1 Å². The Kier molecular flexibility index (Phi) is 4.50. The molecule has 0 fully saturated rings. The molecular formula is C13H19NO. The van der Waals surface area contributed by atoms with Crippen molar-refractivity contribution in [1.82, 2.24) is 0 Å². The Morgan fingerprint density at radius 1 is 1.27 bits per heavy atom. The maximum Gasteiger partial charge on any atom is 0.150 e. The molecular weight excluding hydrogens is 186 g/mol. The number of carbonyl (C=O) groups is 1. The third-order valence-electron chi connectivity index (χ3n) is 2.32. The van der Waals surface area contributed by atoms with Crippen LogP contribution in [0.1, 0.15) is 25.8 Å². The van der Waals surface area contributed by atoms with Crippen molar-refractivity contribution in [3.05, 3.63) is 35.9 Å². The van der Waals surface area contributed by atoms with E-state index in [1.54, 1.807) is 0 Å². The fraction of sp³-hybridized carbons (Fsp3) is 0.462. The summed E-state index contributed by atoms with van der Waals surface area (Å²) in [5.74, 6) is 0.549. The zero-order valence-corrected chi connectivity index (χ0v) is 9.44. The van der Waals surface area contributed by atoms with Gasteiger partial charge in [-0.2, -0.15) is 0 Å². The first kappa shape index (κ1) is 11.9. The Labute approximate surface area is 91.5 Å². The molecule has 15 heavy (non-hydrogen) atoms. The summed E-state index contributed by atoms with van der Waals surface area (Å²) < 4.78 is 0. The Morgan fingerprint density at radius 3 is 2.40 bits per heavy atom. The lowest BCUT2D eigenvalue weighted by atomic mass is 9.97. The molecule has 0 aliphatic carbocycles. The summed E-state index contributed by atoms with van der Waals surface area (Å²) >= 11 is 0. The van der Waals surface area contributed by atoms with E-state index in [-0.39, 0.29) is 11.8 Å². The molecule has 1 aromatic carbocycles. The lowest BCUT2D eigenvalue weighted by molar-refractivity contribution is -0.120. The summed E-state index contributed by atoms with van der Waals surface area (Å²) in [4.78, 5) is 11.6. The first-order chi connectivity index (χ1) is 7.09. The number of hydrogen-bond donors (Lipinski definition) is 1. The lowest BCUT2D eigenvalue weighted by Crippen LogP contribution is -2.33. The van der Waals surface area contributed by atoms with Crippen molar-refractivity contribution < 1.29 is 4.79 Å². The van der Waals surface area contributed by atoms with Gasteiger partial charge in [0.2, 0.25) is 0 Å². The summed E-state index contributed by atoms with van der Waals surface area (Å²) in [7, 11) is 0. The normalized spacial score (nSPS) is 12.8. The van der Waals surface area contributed by atoms with E-state index < -0.39 is 0 Å². The van der Waals surface area contributed by atoms with Crippen LogP contribution in [0.5, 0.6) is 0 Å². The van der Waals surface area contributed by atoms with Crippen LogP contribution >= 0.6 is 0 Å². The van der Waals surface area contributed by atoms with E-state index in [1.165, 1.54) is 0 Å². The van der Waals surface area contributed by atoms with Crippen molar-refractivity contribution in [1.29, 1.82) is 0 Å². The van der Waals surface area contributed by atoms with Gasteiger partial charge >= 0.3 is 0 Å². The first-order valence-electron chi connectivity index (χ1n) is 5.42. The van der Waals surface area contributed by atoms with E-state index in [9.17, 15) is 4.79 Å². The van der Waals surface area contributed by atoms with Crippen LogP contribution in [0.2, 0.25) is 0 Å². The third kappa shape index (κ3) is 4.26. The molecule has 0 saturated carbocycles. The number of Topliss-reactive ketones (excluding diaryl/α,β-unsaturated/α-hetero) is 1. The average Bonchev–Trinajstić information content (AvgIpc) is 2.18. The van der Waals surface area contributed by atoms with Gasteiger partial charge in [-0.05, 0) is 17.9 Å². The number of benzene rings is 1. The van der Waals surface area contributed by atoms with Gasteiger partial charge in [0.05, 0.1) is 6.04 Å². The van der Waals surface area contributed by atoms with E-state index >= 15 is 0 Å². The predicted molar refractivity (Wildman–Crippen MR) is 62.6 cm³/mol. The number of carbonyl (C=O) groups excluding carboxylic acids is 1. The van der Waals surface area contributed by atoms with E-state index in [0.717, 1.165) is 5.56 Å². The molecule has 0 aliphatic heterocycles. The highest BCUT2D eigenvalue weighted by atomic mass is 16.1. The summed E-state index contributed by atoms with van der Waals surface area (Å²) in [5, 5.41) is 0. The van der Waals surface area contributed by atoms with Crippen LogP contribution in [0.15, 0.2) is 30.3 Å². The number of nitrogens with two attached hydrogens (primary N) is 1. The molecule has 1 aromatic rings. The third-order valence-corrected chi connectivity index (χ3v) is 2.32. The predicted octanol–water partition coefficient (Wildman–Crippen LogP) is 2.17. The standard InChI is InChI=1S/C13H19NO/c1-10(2)8-13(15)12(14)9-11-6-4-3-5-7-11/h3-7,10,12H,8-9,14H2,1-2H3. The second kappa shape index (κ2) is 5.66. The molecule has 2 nitrogen and oxygen atoms in total. The molecule has 0 heterocycles. The highest BCUT2D eigenvalue weighted by molar-refractivity contribution is 5.84. The Balaban J connectivity index is 2.49. The highest BCUT2D eigenvalue weighted by Crippen LogP contribution is 2.07. The fourth-order valence-electron chi connectivity index (χ4n) is 1.54. The van der Waals surface area contributed by atoms with Crippen molar-refractivity contribution in [2.75, 3.05) is 0 Å². The number of ketones is 1. The van der Waals surface area contributed by atoms with Crippen LogP contribution < -0.4 is 5.73 Å². The molecule has 82 valence electrons. The summed E-state index contributed by atoms with van der Waals surface area (Å²) in [6.07, 6.45) is 1.22. The minimum absolute atomic E-state index is 0.161. The van der Waals surface area contributed by atoms with Crippen LogP contribution in [-0.2, 0) is 11.2 Å². The molecule has 0 aliphatic rings. The van der Waals surface area contributed by atoms with Crippen molar-refractivity contribution in [3.63, 3.8) is 0 Å². The summed E-state index contributed by atoms with van der Waals surface area (Å²) in [6.45, 7) is 4.07. The van der Waals surface area contributed by atoms with Crippen LogP contribution in [-0.4, -0.2) is 11.8 Å². The van der Waals surface area contributed by atoms with E-state index in [0.29, 0.717) is 18.8 Å². The molecule has 1 unspecified atom stereocenters. The van der Waals surface area contributed by atoms with E-state index in [4.69, 9.17) is 5.73 Å². The molecule has 0 spiro atoms. The highest BCUT2D eigenvalue weighted by Gasteiger charge is 2.14. The molecule has 2 heteroatoms. The van der Waals surface area contributed by atoms with Gasteiger partial charge in [0.25, 0.3) is 0 Å². The van der Waals surface area contributed by atoms with Gasteiger partial charge < -0.3 is 5.73 Å². The molecule has 1 rings (SSSR count). The SMILES string of the molecule is CC(C)CC(=O)C(N)Cc1ccccc1. The van der Waals surface area contributed by atoms with Crippen LogP contribution in [0.25, 0.3) is 0 Å². The molecule has 0 radical (unpaired) electrons. The van der Waals surface area contributed by atoms with Gasteiger partial charge in [0, 0.05) is 6.42 Å². The van der Waals surface area contributed by atoms with E-state index in [2.05, 4.69) is 0 Å². The summed E-state index contributed by atoms with van der Waals surface area (Å²) in [6, 6.07) is 9.55. The minimum atomic E-state index is -0.352. The van der Waals surface area contributed by atoms with E-state index in [1.807, 2.05) is 44.2 Å². The van der Waals surface area contributed by atoms with Gasteiger partial charge in [-0.25, -0.2) is 0 Å². The van der Waals surface area contributed by atoms with Crippen LogP contribution in [0, 0.1) is 5.92 Å². The van der Waals surface area contributed by atoms with Crippen molar-refractivity contribution >= 4 is 5.78 Å². The molecule has 0 amide bonds. The second-order valence-electron chi connectivity index (χ2n) is 4.36. The molecule has 0 saturated heterocycles. The molecule has 0 bridgehead atoms. The number of rotatable bonds is 5. The van der Waals surface area contributed by atoms with Crippen LogP contribution in [0.3, 0.4) is 0 Å². The second-order valence-corrected chi connectivity index (χ2v) is 4.36. The maximum atomic E-state index is 11.6. The zero-order valence-electron chi connectivity index (χ0n) is 9.44. The zero-order chi connectivity index (χ0) is 11.3. The van der Waals surface area contributed by atoms with Gasteiger partial charge in [0.15, 0.2) is 0 Å². The summed E-state index contributed by atoms with van der Waals surface area (Å²) in [5.41, 5.74) is 6.97. The quantitative estimate of drug-likeness (QED) is 0.800. The number of hydrogen-bond acceptors (Lipinski definition) is 2. The maximum absolute atomic E-state index is 11.6. The van der Waals surface area contributed by atoms with Gasteiger partial charge in [-0.1, -0.05) is 44.2 Å². The smallest absolute Gasteiger partial charge is 0.150 e. The first-order valence-corrected chi connectivity index (χ1v) is 5.42. The molecule has 0 aromatic heterocycles. The van der Waals surface area contributed by atoms with Crippen molar-refractivity contribution in [2.24, 2.45) is 11.7 Å². The van der Waals surface area contributed by atoms with Gasteiger partial charge in [0.1, 0.15) is 5.78 Å². The molecule has 2 N–H and O–H groups in total. The molecule has 1 atom stereocenters. The lowest BCUT2D eigenvalue weighted by Gasteiger charge is -2.11. The van der Waals surface area contributed by atoms with Crippen molar-refractivity contribution in [3.8, 4) is 0 Å². The fourth-order valence-corrected chi connectivity index (χ4v) is 1.54. The Morgan fingerprint density at radius 2 is 1.87 bits per heavy atom. The monoisotopic (exact) mass is 205 g/mol. The Hall–Kier alpha value is -1.15. The van der Waals surface area contributed by atoms with Crippen LogP contribution in [0.4, 0.5) is 0 Å². The van der Waals surface area contributed by atoms with Gasteiger partial charge in [-0.15, -0.1) is 0 Å². The van der Waals surface area contributed by atoms with Gasteiger partial charge in [-0.3, -0.25) is 4.79 Å².